The molecule has 10 heteroatoms. The molecule has 4 rings (SSSR count). The van der Waals surface area contributed by atoms with Gasteiger partial charge in [-0.2, -0.15) is 0 Å². The van der Waals surface area contributed by atoms with Crippen molar-refractivity contribution in [3.05, 3.63) is 72.4 Å². The lowest BCUT2D eigenvalue weighted by Crippen LogP contribution is -2.47. The van der Waals surface area contributed by atoms with Crippen LogP contribution in [0.25, 0.3) is 11.3 Å². The van der Waals surface area contributed by atoms with Crippen LogP contribution in [-0.4, -0.2) is 83.3 Å². The van der Waals surface area contributed by atoms with Crippen LogP contribution in [0, 0.1) is 0 Å². The minimum absolute atomic E-state index is 0.220. The predicted molar refractivity (Wildman–Crippen MR) is 151 cm³/mol. The van der Waals surface area contributed by atoms with Gasteiger partial charge >= 0.3 is 0 Å². The zero-order chi connectivity index (χ0) is 26.7. The van der Waals surface area contributed by atoms with Crippen LogP contribution in [0.15, 0.2) is 67.4 Å². The molecule has 1 aliphatic heterocycles. The molecule has 1 amide bonds. The molecular weight excluding hydrogens is 504 g/mol. The maximum atomic E-state index is 11.7. The number of aliphatic hydroxyl groups is 1. The van der Waals surface area contributed by atoms with Gasteiger partial charge in [-0.1, -0.05) is 36.4 Å². The van der Waals surface area contributed by atoms with Gasteiger partial charge in [0.15, 0.2) is 0 Å². The van der Waals surface area contributed by atoms with E-state index < -0.39 is 0 Å². The van der Waals surface area contributed by atoms with Crippen LogP contribution in [0.3, 0.4) is 0 Å². The van der Waals surface area contributed by atoms with Crippen molar-refractivity contribution in [3.63, 3.8) is 0 Å². The number of carbonyl (C=O) groups is 1. The van der Waals surface area contributed by atoms with Crippen molar-refractivity contribution in [1.82, 2.24) is 19.8 Å². The number of anilines is 3. The number of hydrogen-bond acceptors (Lipinski definition) is 8. The summed E-state index contributed by atoms with van der Waals surface area (Å²) >= 11 is 6.40. The average molecular weight is 537 g/mol. The second-order valence-electron chi connectivity index (χ2n) is 8.93. The number of β-amino-alcohol motifs (C(OH)–C–C–N with tert-alkyl or cyclic N) is 1. The number of halogens is 1. The fourth-order valence-electron chi connectivity index (χ4n) is 4.22. The number of amides is 1. The van der Waals surface area contributed by atoms with E-state index in [-0.39, 0.29) is 12.5 Å². The Morgan fingerprint density at radius 1 is 1.08 bits per heavy atom. The molecular formula is C28H33ClN6O3. The van der Waals surface area contributed by atoms with Crippen LogP contribution >= 0.6 is 11.6 Å². The molecule has 0 spiro atoms. The predicted octanol–water partition coefficient (Wildman–Crippen LogP) is 4.04. The fraction of sp³-hybridized carbons (Fsp3) is 0.321. The highest BCUT2D eigenvalue weighted by Crippen LogP contribution is 2.29. The van der Waals surface area contributed by atoms with E-state index in [1.54, 1.807) is 18.3 Å². The molecule has 2 heterocycles. The molecule has 0 aliphatic carbocycles. The third kappa shape index (κ3) is 8.00. The number of hydrogen-bond donors (Lipinski definition) is 3. The molecule has 1 fully saturated rings. The lowest BCUT2D eigenvalue weighted by atomic mass is 10.1. The monoisotopic (exact) mass is 536 g/mol. The van der Waals surface area contributed by atoms with Gasteiger partial charge in [-0.15, -0.1) is 0 Å². The van der Waals surface area contributed by atoms with Crippen LogP contribution < -0.4 is 15.4 Å². The lowest BCUT2D eigenvalue weighted by Gasteiger charge is -2.34. The van der Waals surface area contributed by atoms with Crippen LogP contribution in [0.1, 0.15) is 6.42 Å². The summed E-state index contributed by atoms with van der Waals surface area (Å²) in [5.74, 6) is 0.863. The van der Waals surface area contributed by atoms with E-state index in [4.69, 9.17) is 21.4 Å². The summed E-state index contributed by atoms with van der Waals surface area (Å²) in [7, 11) is 0. The highest BCUT2D eigenvalue weighted by molar-refractivity contribution is 6.33. The molecule has 2 aromatic carbocycles. The van der Waals surface area contributed by atoms with Gasteiger partial charge in [-0.05, 0) is 36.8 Å². The zero-order valence-corrected chi connectivity index (χ0v) is 22.0. The fourth-order valence-corrected chi connectivity index (χ4v) is 4.42. The summed E-state index contributed by atoms with van der Waals surface area (Å²) < 4.78 is 5.99. The van der Waals surface area contributed by atoms with Crippen molar-refractivity contribution in [3.8, 4) is 17.0 Å². The molecule has 0 atom stereocenters. The van der Waals surface area contributed by atoms with Gasteiger partial charge in [-0.3, -0.25) is 9.69 Å². The minimum atomic E-state index is -0.294. The topological polar surface area (TPSA) is 103 Å². The number of piperazine rings is 1. The van der Waals surface area contributed by atoms with Crippen molar-refractivity contribution in [2.45, 2.75) is 6.42 Å². The number of aliphatic hydroxyl groups excluding tert-OH is 1. The van der Waals surface area contributed by atoms with Crippen LogP contribution in [0.4, 0.5) is 17.3 Å². The molecule has 1 saturated heterocycles. The van der Waals surface area contributed by atoms with E-state index in [1.807, 2.05) is 36.4 Å². The Balaban J connectivity index is 1.32. The number of nitrogens with zero attached hydrogens (tertiary/aromatic N) is 4. The van der Waals surface area contributed by atoms with Gasteiger partial charge < -0.3 is 25.4 Å². The smallest absolute Gasteiger partial charge is 0.247 e. The number of rotatable bonds is 12. The Bertz CT molecular complexity index is 1230. The number of carbonyl (C=O) groups excluding carboxylic acids is 1. The van der Waals surface area contributed by atoms with Gasteiger partial charge in [0.25, 0.3) is 0 Å². The van der Waals surface area contributed by atoms with E-state index in [0.29, 0.717) is 29.0 Å². The third-order valence-corrected chi connectivity index (χ3v) is 6.47. The molecule has 1 aliphatic rings. The van der Waals surface area contributed by atoms with E-state index in [9.17, 15) is 4.79 Å². The summed E-state index contributed by atoms with van der Waals surface area (Å²) in [5, 5.41) is 15.4. The summed E-state index contributed by atoms with van der Waals surface area (Å²) in [6, 6.07) is 14.9. The number of benzene rings is 2. The number of nitrogens with one attached hydrogen (secondary N) is 2. The Kier molecular flexibility index (Phi) is 10.1. The van der Waals surface area contributed by atoms with Crippen molar-refractivity contribution < 1.29 is 14.6 Å². The average Bonchev–Trinajstić information content (AvgIpc) is 2.93. The zero-order valence-electron chi connectivity index (χ0n) is 21.3. The van der Waals surface area contributed by atoms with Crippen LogP contribution in [0.5, 0.6) is 5.75 Å². The molecule has 3 N–H and O–H groups in total. The largest absolute Gasteiger partial charge is 0.493 e. The Hall–Kier alpha value is -3.50. The van der Waals surface area contributed by atoms with E-state index >= 15 is 0 Å². The first-order valence-electron chi connectivity index (χ1n) is 12.7. The van der Waals surface area contributed by atoms with Crippen LogP contribution in [0.2, 0.25) is 5.02 Å². The normalized spacial score (nSPS) is 14.2. The summed E-state index contributed by atoms with van der Waals surface area (Å²) in [4.78, 5) is 25.3. The maximum Gasteiger partial charge on any atom is 0.247 e. The second kappa shape index (κ2) is 13.9. The Morgan fingerprint density at radius 3 is 2.58 bits per heavy atom. The highest BCUT2D eigenvalue weighted by Gasteiger charge is 2.15. The molecule has 0 radical (unpaired) electrons. The highest BCUT2D eigenvalue weighted by atomic mass is 35.5. The van der Waals surface area contributed by atoms with E-state index in [1.165, 1.54) is 6.08 Å². The molecule has 0 saturated carbocycles. The van der Waals surface area contributed by atoms with Crippen LogP contribution in [-0.2, 0) is 4.79 Å². The quantitative estimate of drug-likeness (QED) is 0.235. The molecule has 0 bridgehead atoms. The maximum absolute atomic E-state index is 11.7. The summed E-state index contributed by atoms with van der Waals surface area (Å²) in [5.41, 5.74) is 2.70. The van der Waals surface area contributed by atoms with Crippen molar-refractivity contribution in [2.75, 3.05) is 63.1 Å². The van der Waals surface area contributed by atoms with E-state index in [0.717, 1.165) is 62.7 Å². The first-order valence-corrected chi connectivity index (χ1v) is 13.0. The third-order valence-electron chi connectivity index (χ3n) is 6.19. The number of ether oxygens (including phenoxy) is 1. The summed E-state index contributed by atoms with van der Waals surface area (Å²) in [6.07, 6.45) is 3.70. The van der Waals surface area contributed by atoms with Gasteiger partial charge in [-0.25, -0.2) is 9.97 Å². The number of aromatic nitrogens is 2. The van der Waals surface area contributed by atoms with Gasteiger partial charge in [0.2, 0.25) is 11.9 Å². The van der Waals surface area contributed by atoms with Crippen molar-refractivity contribution >= 4 is 34.8 Å². The Labute approximate surface area is 228 Å². The first kappa shape index (κ1) is 27.5. The van der Waals surface area contributed by atoms with Crippen molar-refractivity contribution in [1.29, 1.82) is 0 Å². The molecule has 0 unspecified atom stereocenters. The van der Waals surface area contributed by atoms with Gasteiger partial charge in [0, 0.05) is 62.3 Å². The molecule has 38 heavy (non-hydrogen) atoms. The molecule has 9 nitrogen and oxygen atoms in total. The molecule has 3 aromatic rings. The van der Waals surface area contributed by atoms with Gasteiger partial charge in [0.05, 0.1) is 30.1 Å². The van der Waals surface area contributed by atoms with Gasteiger partial charge in [0.1, 0.15) is 5.75 Å². The second-order valence-corrected chi connectivity index (χ2v) is 9.33. The molecule has 200 valence electrons. The SMILES string of the molecule is C=CC(=O)Nc1cccc(-c2nc(Nc3cccc(OCCCN4CCN(CCO)CC4)c3)ncc2Cl)c1. The lowest BCUT2D eigenvalue weighted by molar-refractivity contribution is -0.111. The first-order chi connectivity index (χ1) is 18.5. The molecule has 1 aromatic heterocycles. The van der Waals surface area contributed by atoms with E-state index in [2.05, 4.69) is 37.0 Å². The minimum Gasteiger partial charge on any atom is -0.493 e. The standard InChI is InChI=1S/C28H33ClN6O3/c1-2-26(37)31-22-7-3-6-21(18-22)27-25(29)20-30-28(33-27)32-23-8-4-9-24(19-23)38-17-5-10-34-11-13-35(14-12-34)15-16-36/h2-4,6-9,18-20,36H,1,5,10-17H2,(H,31,37)(H,30,32,33). The Morgan fingerprint density at radius 2 is 1.82 bits per heavy atom. The van der Waals surface area contributed by atoms with Crippen molar-refractivity contribution in [2.24, 2.45) is 0 Å². The summed E-state index contributed by atoms with van der Waals surface area (Å²) in [6.45, 7) is 10.1.